The Balaban J connectivity index is 2.16. The summed E-state index contributed by atoms with van der Waals surface area (Å²) in [6.45, 7) is 5.57. The van der Waals surface area contributed by atoms with Crippen molar-refractivity contribution in [3.05, 3.63) is 34.2 Å². The molecule has 1 aliphatic carbocycles. The summed E-state index contributed by atoms with van der Waals surface area (Å²) < 4.78 is 1.46. The summed E-state index contributed by atoms with van der Waals surface area (Å²) >= 11 is 1.97. The second kappa shape index (κ2) is 4.67. The van der Waals surface area contributed by atoms with Crippen LogP contribution < -0.4 is 5.32 Å². The first kappa shape index (κ1) is 12.2. The monoisotopic (exact) mass is 259 g/mol. The van der Waals surface area contributed by atoms with Crippen molar-refractivity contribution in [3.63, 3.8) is 0 Å². The fourth-order valence-corrected chi connectivity index (χ4v) is 3.94. The molecule has 0 aliphatic heterocycles. The van der Waals surface area contributed by atoms with E-state index in [0.717, 1.165) is 12.5 Å². The van der Waals surface area contributed by atoms with Gasteiger partial charge in [0.25, 0.3) is 0 Å². The number of fused-ring (bicyclic) bond motifs is 1. The number of rotatable bonds is 4. The molecule has 1 nitrogen and oxygen atoms in total. The van der Waals surface area contributed by atoms with Gasteiger partial charge in [0.1, 0.15) is 0 Å². The lowest BCUT2D eigenvalue weighted by Gasteiger charge is -2.06. The minimum Gasteiger partial charge on any atom is -0.315 e. The first-order valence-electron chi connectivity index (χ1n) is 6.90. The van der Waals surface area contributed by atoms with Gasteiger partial charge in [-0.15, -0.1) is 11.3 Å². The fraction of sp³-hybridized carbons (Fsp3) is 0.500. The van der Waals surface area contributed by atoms with E-state index in [1.165, 1.54) is 28.5 Å². The number of benzene rings is 1. The van der Waals surface area contributed by atoms with Crippen molar-refractivity contribution in [2.75, 3.05) is 7.05 Å². The van der Waals surface area contributed by atoms with Gasteiger partial charge in [0.05, 0.1) is 0 Å². The van der Waals surface area contributed by atoms with Gasteiger partial charge in [-0.05, 0) is 60.4 Å². The van der Waals surface area contributed by atoms with Crippen LogP contribution in [-0.2, 0) is 6.54 Å². The highest BCUT2D eigenvalue weighted by Crippen LogP contribution is 2.48. The number of hydrogen-bond donors (Lipinski definition) is 1. The molecule has 0 radical (unpaired) electrons. The molecule has 1 fully saturated rings. The summed E-state index contributed by atoms with van der Waals surface area (Å²) in [4.78, 5) is 1.55. The van der Waals surface area contributed by atoms with E-state index in [2.05, 4.69) is 37.4 Å². The Morgan fingerprint density at radius 1 is 1.33 bits per heavy atom. The van der Waals surface area contributed by atoms with Gasteiger partial charge in [-0.2, -0.15) is 0 Å². The van der Waals surface area contributed by atoms with Gasteiger partial charge in [0, 0.05) is 16.1 Å². The Kier molecular flexibility index (Phi) is 3.16. The van der Waals surface area contributed by atoms with Crippen LogP contribution in [0.3, 0.4) is 0 Å². The van der Waals surface area contributed by atoms with Crippen LogP contribution in [0.25, 0.3) is 10.1 Å². The van der Waals surface area contributed by atoms with Gasteiger partial charge >= 0.3 is 0 Å². The van der Waals surface area contributed by atoms with Crippen LogP contribution in [0.15, 0.2) is 18.2 Å². The molecule has 0 saturated heterocycles. The molecule has 0 spiro atoms. The second-order valence-corrected chi connectivity index (χ2v) is 6.79. The van der Waals surface area contributed by atoms with Crippen molar-refractivity contribution in [1.82, 2.24) is 5.32 Å². The standard InChI is InChI=1S/C16H21NS/c1-10(2)12-6-7-14-13(8-12)16(11-4-5-11)15(18-14)9-17-3/h6-8,10-11,17H,4-5,9H2,1-3H3. The van der Waals surface area contributed by atoms with E-state index in [-0.39, 0.29) is 0 Å². The molecule has 1 N–H and O–H groups in total. The zero-order chi connectivity index (χ0) is 12.7. The lowest BCUT2D eigenvalue weighted by molar-refractivity contribution is 0.821. The zero-order valence-corrected chi connectivity index (χ0v) is 12.2. The molecule has 96 valence electrons. The van der Waals surface area contributed by atoms with Crippen LogP contribution >= 0.6 is 11.3 Å². The quantitative estimate of drug-likeness (QED) is 0.844. The van der Waals surface area contributed by atoms with Crippen LogP contribution in [0.5, 0.6) is 0 Å². The lowest BCUT2D eigenvalue weighted by Crippen LogP contribution is -2.04. The van der Waals surface area contributed by atoms with Crippen LogP contribution in [0.4, 0.5) is 0 Å². The predicted octanol–water partition coefficient (Wildman–Crippen LogP) is 4.62. The van der Waals surface area contributed by atoms with Crippen molar-refractivity contribution in [2.24, 2.45) is 0 Å². The first-order valence-corrected chi connectivity index (χ1v) is 7.72. The maximum Gasteiger partial charge on any atom is 0.0349 e. The highest BCUT2D eigenvalue weighted by atomic mass is 32.1. The van der Waals surface area contributed by atoms with Crippen molar-refractivity contribution >= 4 is 21.4 Å². The Hall–Kier alpha value is -0.860. The average Bonchev–Trinajstić information content (AvgIpc) is 3.11. The van der Waals surface area contributed by atoms with Gasteiger partial charge < -0.3 is 5.32 Å². The number of nitrogens with one attached hydrogen (secondary N) is 1. The summed E-state index contributed by atoms with van der Waals surface area (Å²) in [7, 11) is 2.04. The molecule has 18 heavy (non-hydrogen) atoms. The van der Waals surface area contributed by atoms with Crippen LogP contribution in [0.1, 0.15) is 54.5 Å². The molecule has 2 aromatic rings. The Bertz CT molecular complexity index is 564. The molecule has 1 aromatic carbocycles. The van der Waals surface area contributed by atoms with Crippen LogP contribution in [-0.4, -0.2) is 7.05 Å². The van der Waals surface area contributed by atoms with Crippen LogP contribution in [0.2, 0.25) is 0 Å². The minimum absolute atomic E-state index is 0.620. The highest BCUT2D eigenvalue weighted by Gasteiger charge is 2.29. The van der Waals surface area contributed by atoms with E-state index >= 15 is 0 Å². The van der Waals surface area contributed by atoms with Gasteiger partial charge in [-0.1, -0.05) is 19.9 Å². The normalized spacial score (nSPS) is 15.8. The van der Waals surface area contributed by atoms with Crippen molar-refractivity contribution < 1.29 is 0 Å². The van der Waals surface area contributed by atoms with Crippen molar-refractivity contribution in [3.8, 4) is 0 Å². The molecule has 0 bridgehead atoms. The zero-order valence-electron chi connectivity index (χ0n) is 11.4. The molecule has 1 aliphatic rings. The largest absolute Gasteiger partial charge is 0.315 e. The third kappa shape index (κ3) is 2.08. The fourth-order valence-electron chi connectivity index (χ4n) is 2.66. The molecule has 2 heteroatoms. The third-order valence-electron chi connectivity index (χ3n) is 3.82. The summed E-state index contributed by atoms with van der Waals surface area (Å²) in [5, 5.41) is 4.84. The van der Waals surface area contributed by atoms with E-state index < -0.39 is 0 Å². The van der Waals surface area contributed by atoms with E-state index in [1.807, 2.05) is 18.4 Å². The second-order valence-electron chi connectivity index (χ2n) is 5.65. The highest BCUT2D eigenvalue weighted by molar-refractivity contribution is 7.19. The van der Waals surface area contributed by atoms with Gasteiger partial charge in [-0.25, -0.2) is 0 Å². The SMILES string of the molecule is CNCc1sc2ccc(C(C)C)cc2c1C1CC1. The van der Waals surface area contributed by atoms with E-state index in [4.69, 9.17) is 0 Å². The molecule has 1 aromatic heterocycles. The summed E-state index contributed by atoms with van der Waals surface area (Å²) in [5.74, 6) is 1.46. The van der Waals surface area contributed by atoms with E-state index in [9.17, 15) is 0 Å². The van der Waals surface area contributed by atoms with Gasteiger partial charge in [-0.3, -0.25) is 0 Å². The van der Waals surface area contributed by atoms with Crippen LogP contribution in [0, 0.1) is 0 Å². The number of hydrogen-bond acceptors (Lipinski definition) is 2. The maximum absolute atomic E-state index is 3.32. The smallest absolute Gasteiger partial charge is 0.0349 e. The molecule has 0 unspecified atom stereocenters. The average molecular weight is 259 g/mol. The van der Waals surface area contributed by atoms with E-state index in [0.29, 0.717) is 5.92 Å². The first-order chi connectivity index (χ1) is 8.70. The summed E-state index contributed by atoms with van der Waals surface area (Å²) in [5.41, 5.74) is 3.12. The van der Waals surface area contributed by atoms with Gasteiger partial charge in [0.15, 0.2) is 0 Å². The molecule has 3 rings (SSSR count). The molecule has 0 atom stereocenters. The maximum atomic E-state index is 3.32. The molecule has 1 saturated carbocycles. The summed E-state index contributed by atoms with van der Waals surface area (Å²) in [6, 6.07) is 7.05. The molecular formula is C16H21NS. The molecular weight excluding hydrogens is 238 g/mol. The third-order valence-corrected chi connectivity index (χ3v) is 5.00. The molecule has 1 heterocycles. The Morgan fingerprint density at radius 3 is 2.72 bits per heavy atom. The predicted molar refractivity (Wildman–Crippen MR) is 80.7 cm³/mol. The van der Waals surface area contributed by atoms with Gasteiger partial charge in [0.2, 0.25) is 0 Å². The van der Waals surface area contributed by atoms with Crippen molar-refractivity contribution in [2.45, 2.75) is 45.1 Å². The summed E-state index contributed by atoms with van der Waals surface area (Å²) in [6.07, 6.45) is 2.77. The minimum atomic E-state index is 0.620. The number of thiophene rings is 1. The lowest BCUT2D eigenvalue weighted by atomic mass is 9.98. The van der Waals surface area contributed by atoms with E-state index in [1.54, 1.807) is 10.4 Å². The topological polar surface area (TPSA) is 12.0 Å². The van der Waals surface area contributed by atoms with Crippen molar-refractivity contribution in [1.29, 1.82) is 0 Å². The Morgan fingerprint density at radius 2 is 2.11 bits per heavy atom. The Labute approximate surface area is 113 Å². The molecule has 0 amide bonds.